The lowest BCUT2D eigenvalue weighted by molar-refractivity contribution is -0.118. The first-order valence-electron chi connectivity index (χ1n) is 10.1. The lowest BCUT2D eigenvalue weighted by Gasteiger charge is -2.04. The standard InChI is InChI=1S/C23H28N2O2S3/c1-4-17-7-12-20-21(16-17)30-23(25(20)13-15-28-3)24-22(26)6-5-14-29-19-10-8-18(27-2)9-11-19/h7-12,16H,4-6,13-15H2,1-3H3. The normalized spacial score (nSPS) is 11.9. The molecule has 160 valence electrons. The third-order valence-electron chi connectivity index (χ3n) is 4.76. The summed E-state index contributed by atoms with van der Waals surface area (Å²) in [6.45, 7) is 3.03. The molecule has 1 aromatic heterocycles. The van der Waals surface area contributed by atoms with E-state index >= 15 is 0 Å². The summed E-state index contributed by atoms with van der Waals surface area (Å²) in [5.41, 5.74) is 2.49. The minimum absolute atomic E-state index is 0.0366. The second kappa shape index (κ2) is 11.6. The Morgan fingerprint density at radius 2 is 1.97 bits per heavy atom. The van der Waals surface area contributed by atoms with Crippen molar-refractivity contribution in [3.05, 3.63) is 52.8 Å². The minimum Gasteiger partial charge on any atom is -0.497 e. The van der Waals surface area contributed by atoms with Gasteiger partial charge in [-0.3, -0.25) is 4.79 Å². The maximum atomic E-state index is 12.5. The Balaban J connectivity index is 1.65. The SMILES string of the molecule is CCc1ccc2c(c1)sc(=NC(=O)CCCSc1ccc(OC)cc1)n2CCSC. The van der Waals surface area contributed by atoms with Gasteiger partial charge in [-0.25, -0.2) is 0 Å². The third kappa shape index (κ3) is 6.15. The largest absolute Gasteiger partial charge is 0.497 e. The molecule has 0 radical (unpaired) electrons. The van der Waals surface area contributed by atoms with Gasteiger partial charge in [-0.05, 0) is 66.8 Å². The Kier molecular flexibility index (Phi) is 8.90. The predicted octanol–water partition coefficient (Wildman–Crippen LogP) is 5.64. The molecule has 3 rings (SSSR count). The summed E-state index contributed by atoms with van der Waals surface area (Å²) in [6.07, 6.45) is 4.40. The van der Waals surface area contributed by atoms with E-state index in [2.05, 4.69) is 40.9 Å². The lowest BCUT2D eigenvalue weighted by atomic mass is 10.2. The van der Waals surface area contributed by atoms with E-state index in [9.17, 15) is 4.79 Å². The number of amides is 1. The van der Waals surface area contributed by atoms with Gasteiger partial charge in [0.15, 0.2) is 4.80 Å². The Morgan fingerprint density at radius 3 is 2.67 bits per heavy atom. The summed E-state index contributed by atoms with van der Waals surface area (Å²) < 4.78 is 8.58. The van der Waals surface area contributed by atoms with E-state index < -0.39 is 0 Å². The number of thiazole rings is 1. The van der Waals surface area contributed by atoms with Crippen molar-refractivity contribution in [3.8, 4) is 5.75 Å². The summed E-state index contributed by atoms with van der Waals surface area (Å²) in [4.78, 5) is 19.0. The van der Waals surface area contributed by atoms with Gasteiger partial charge in [-0.2, -0.15) is 16.8 Å². The topological polar surface area (TPSA) is 43.6 Å². The molecule has 1 heterocycles. The van der Waals surface area contributed by atoms with E-state index in [0.29, 0.717) is 6.42 Å². The van der Waals surface area contributed by atoms with Crippen molar-refractivity contribution in [1.29, 1.82) is 0 Å². The molecule has 0 atom stereocenters. The molecule has 0 bridgehead atoms. The summed E-state index contributed by atoms with van der Waals surface area (Å²) in [6, 6.07) is 14.6. The first-order valence-corrected chi connectivity index (χ1v) is 13.3. The Bertz CT molecular complexity index is 1040. The summed E-state index contributed by atoms with van der Waals surface area (Å²) in [5.74, 6) is 2.72. The second-order valence-electron chi connectivity index (χ2n) is 6.82. The molecule has 0 aliphatic heterocycles. The van der Waals surface area contributed by atoms with Gasteiger partial charge in [-0.15, -0.1) is 11.8 Å². The third-order valence-corrected chi connectivity index (χ3v) is 7.49. The van der Waals surface area contributed by atoms with Crippen molar-refractivity contribution in [2.24, 2.45) is 4.99 Å². The zero-order valence-electron chi connectivity index (χ0n) is 17.7. The van der Waals surface area contributed by atoms with Crippen LogP contribution >= 0.6 is 34.9 Å². The number of ether oxygens (including phenoxy) is 1. The van der Waals surface area contributed by atoms with Crippen molar-refractivity contribution in [1.82, 2.24) is 4.57 Å². The first kappa shape index (κ1) is 23.0. The van der Waals surface area contributed by atoms with Gasteiger partial charge in [0.2, 0.25) is 5.91 Å². The Hall–Kier alpha value is -1.70. The smallest absolute Gasteiger partial charge is 0.248 e. The van der Waals surface area contributed by atoms with Crippen LogP contribution in [0.1, 0.15) is 25.3 Å². The molecular weight excluding hydrogens is 432 g/mol. The molecule has 0 N–H and O–H groups in total. The number of hydrogen-bond acceptors (Lipinski definition) is 5. The number of thioether (sulfide) groups is 2. The average molecular weight is 461 g/mol. The molecule has 3 aromatic rings. The van der Waals surface area contributed by atoms with Gasteiger partial charge in [0, 0.05) is 23.6 Å². The second-order valence-corrected chi connectivity index (χ2v) is 9.98. The van der Waals surface area contributed by atoms with Crippen LogP contribution in [-0.4, -0.2) is 35.3 Å². The monoisotopic (exact) mass is 460 g/mol. The lowest BCUT2D eigenvalue weighted by Crippen LogP contribution is -2.18. The van der Waals surface area contributed by atoms with Gasteiger partial charge in [0.1, 0.15) is 5.75 Å². The van der Waals surface area contributed by atoms with Gasteiger partial charge in [0.25, 0.3) is 0 Å². The van der Waals surface area contributed by atoms with Crippen LogP contribution in [0.5, 0.6) is 5.75 Å². The molecule has 0 aliphatic carbocycles. The zero-order chi connectivity index (χ0) is 21.3. The minimum atomic E-state index is -0.0366. The van der Waals surface area contributed by atoms with Crippen LogP contribution < -0.4 is 9.54 Å². The summed E-state index contributed by atoms with van der Waals surface area (Å²) in [5, 5.41) is 0. The number of rotatable bonds is 10. The molecule has 0 saturated heterocycles. The number of aromatic nitrogens is 1. The fourth-order valence-electron chi connectivity index (χ4n) is 3.07. The fraction of sp³-hybridized carbons (Fsp3) is 0.391. The van der Waals surface area contributed by atoms with Crippen molar-refractivity contribution in [2.45, 2.75) is 37.6 Å². The molecular formula is C23H28N2O2S3. The fourth-order valence-corrected chi connectivity index (χ4v) is 5.42. The van der Waals surface area contributed by atoms with Crippen LogP contribution in [0, 0.1) is 0 Å². The van der Waals surface area contributed by atoms with Crippen LogP contribution in [0.25, 0.3) is 10.2 Å². The highest BCUT2D eigenvalue weighted by atomic mass is 32.2. The van der Waals surface area contributed by atoms with E-state index in [-0.39, 0.29) is 5.91 Å². The highest BCUT2D eigenvalue weighted by Gasteiger charge is 2.09. The number of aryl methyl sites for hydroxylation is 2. The van der Waals surface area contributed by atoms with Crippen molar-refractivity contribution >= 4 is 51.0 Å². The molecule has 4 nitrogen and oxygen atoms in total. The molecule has 30 heavy (non-hydrogen) atoms. The molecule has 0 unspecified atom stereocenters. The molecule has 2 aromatic carbocycles. The average Bonchev–Trinajstić information content (AvgIpc) is 3.11. The van der Waals surface area contributed by atoms with Crippen LogP contribution in [0.15, 0.2) is 52.4 Å². The van der Waals surface area contributed by atoms with E-state index in [0.717, 1.165) is 41.4 Å². The quantitative estimate of drug-likeness (QED) is 0.290. The maximum absolute atomic E-state index is 12.5. The first-order chi connectivity index (χ1) is 14.6. The van der Waals surface area contributed by atoms with Gasteiger partial charge < -0.3 is 9.30 Å². The highest BCUT2D eigenvalue weighted by Crippen LogP contribution is 2.23. The van der Waals surface area contributed by atoms with Gasteiger partial charge >= 0.3 is 0 Å². The number of nitrogens with zero attached hydrogens (tertiary/aromatic N) is 2. The molecule has 0 fully saturated rings. The summed E-state index contributed by atoms with van der Waals surface area (Å²) in [7, 11) is 1.67. The van der Waals surface area contributed by atoms with Crippen molar-refractivity contribution < 1.29 is 9.53 Å². The molecule has 0 spiro atoms. The molecule has 0 saturated carbocycles. The van der Waals surface area contributed by atoms with E-state index in [4.69, 9.17) is 4.74 Å². The zero-order valence-corrected chi connectivity index (χ0v) is 20.2. The van der Waals surface area contributed by atoms with Crippen molar-refractivity contribution in [3.63, 3.8) is 0 Å². The van der Waals surface area contributed by atoms with Crippen LogP contribution in [0.3, 0.4) is 0 Å². The number of carbonyl (C=O) groups is 1. The molecule has 0 aliphatic rings. The number of methoxy groups -OCH3 is 1. The van der Waals surface area contributed by atoms with Crippen molar-refractivity contribution in [2.75, 3.05) is 24.9 Å². The number of carbonyl (C=O) groups excluding carboxylic acids is 1. The van der Waals surface area contributed by atoms with Crippen LogP contribution in [0.2, 0.25) is 0 Å². The Labute approximate surface area is 190 Å². The molecule has 1 amide bonds. The predicted molar refractivity (Wildman–Crippen MR) is 131 cm³/mol. The molecule has 7 heteroatoms. The number of fused-ring (bicyclic) bond motifs is 1. The van der Waals surface area contributed by atoms with E-state index in [1.165, 1.54) is 20.7 Å². The van der Waals surface area contributed by atoms with Gasteiger partial charge in [0.05, 0.1) is 17.3 Å². The van der Waals surface area contributed by atoms with Crippen LogP contribution in [-0.2, 0) is 17.8 Å². The van der Waals surface area contributed by atoms with E-state index in [1.54, 1.807) is 30.2 Å². The van der Waals surface area contributed by atoms with E-state index in [1.807, 2.05) is 36.0 Å². The van der Waals surface area contributed by atoms with Gasteiger partial charge in [-0.1, -0.05) is 24.3 Å². The highest BCUT2D eigenvalue weighted by molar-refractivity contribution is 7.99. The maximum Gasteiger partial charge on any atom is 0.248 e. The Morgan fingerprint density at radius 1 is 1.17 bits per heavy atom. The number of hydrogen-bond donors (Lipinski definition) is 0. The van der Waals surface area contributed by atoms with Crippen LogP contribution in [0.4, 0.5) is 0 Å². The summed E-state index contributed by atoms with van der Waals surface area (Å²) >= 11 is 5.18. The number of benzene rings is 2.